The van der Waals surface area contributed by atoms with Gasteiger partial charge in [0.15, 0.2) is 11.3 Å². The molecule has 2 aliphatic rings. The zero-order valence-electron chi connectivity index (χ0n) is 38.6. The van der Waals surface area contributed by atoms with Crippen molar-refractivity contribution in [2.75, 3.05) is 50.0 Å². The van der Waals surface area contributed by atoms with Crippen molar-refractivity contribution in [3.8, 4) is 0 Å². The number of nitrogen functional groups attached to an aromatic ring is 1. The zero-order chi connectivity index (χ0) is 44.5. The van der Waals surface area contributed by atoms with E-state index < -0.39 is 24.2 Å². The van der Waals surface area contributed by atoms with Crippen molar-refractivity contribution in [3.63, 3.8) is 0 Å². The van der Waals surface area contributed by atoms with Crippen molar-refractivity contribution in [3.05, 3.63) is 48.0 Å². The number of Topliss-reactive ketones (excluding diaryl/α,β-unsaturated/α-hetero) is 2. The molecule has 338 valence electrons. The molecule has 0 amide bonds. The molecule has 2 N–H and O–H groups in total. The van der Waals surface area contributed by atoms with Crippen LogP contribution in [-0.4, -0.2) is 104 Å². The molecular formula is C43H77ClN8O5Si3. The number of aromatic nitrogens is 6. The number of hydrogen-bond acceptors (Lipinski definition) is 11. The van der Waals surface area contributed by atoms with Crippen LogP contribution in [0.4, 0.5) is 11.6 Å². The van der Waals surface area contributed by atoms with E-state index in [9.17, 15) is 9.59 Å². The van der Waals surface area contributed by atoms with Gasteiger partial charge in [-0.1, -0.05) is 91.8 Å². The van der Waals surface area contributed by atoms with Gasteiger partial charge >= 0.3 is 0 Å². The first-order chi connectivity index (χ1) is 28.2. The first kappa shape index (κ1) is 51.4. The summed E-state index contributed by atoms with van der Waals surface area (Å²) in [7, 11) is -3.19. The monoisotopic (exact) mass is 906 g/mol. The van der Waals surface area contributed by atoms with E-state index in [-0.39, 0.29) is 19.3 Å². The molecule has 0 saturated heterocycles. The van der Waals surface area contributed by atoms with Gasteiger partial charge in [-0.25, -0.2) is 9.97 Å². The number of ketones is 2. The standard InChI is InChI=1S/C23H40N4O3Si2.C11H12N4O.C6H15ClOSi.C2H6.CH4/c1-31(2,3)13-11-29-17-26(18-30-12-14-32(4,5)6)23-16-21(19-7-8-20(28)15-19)25-22-9-10-24-27(22)23;12-10-6-9(7-1-2-8(16)5-7)14-11-3-4-13-15(10)11;1-9(2,3)5-4-8-6-7;1-2;/h9-10,16,19H,7-8,11-15,17-18H2,1-6H3;3-4,6-7H,1-2,5,12H2;4-6H2,1-3H3;1-2H3;1H4/i;;;1D;. The Morgan fingerprint density at radius 2 is 1.17 bits per heavy atom. The van der Waals surface area contributed by atoms with Crippen LogP contribution in [0.2, 0.25) is 77.1 Å². The highest BCUT2D eigenvalue weighted by atomic mass is 35.5. The molecule has 17 heteroatoms. The Balaban J connectivity index is 0.000000364. The van der Waals surface area contributed by atoms with Gasteiger partial charge in [0.05, 0.1) is 23.8 Å². The third-order valence-corrected chi connectivity index (χ3v) is 15.2. The maximum absolute atomic E-state index is 11.9. The van der Waals surface area contributed by atoms with Gasteiger partial charge in [-0.2, -0.15) is 19.2 Å². The van der Waals surface area contributed by atoms with Gasteiger partial charge in [-0.15, -0.1) is 0 Å². The maximum Gasteiger partial charge on any atom is 0.157 e. The first-order valence-corrected chi connectivity index (χ1v) is 32.7. The second kappa shape index (κ2) is 25.2. The number of nitrogens with two attached hydrogens (primary N) is 1. The Morgan fingerprint density at radius 3 is 1.58 bits per heavy atom. The summed E-state index contributed by atoms with van der Waals surface area (Å²) < 4.78 is 26.9. The minimum Gasteiger partial charge on any atom is -0.384 e. The molecule has 2 saturated carbocycles. The average molecular weight is 907 g/mol. The van der Waals surface area contributed by atoms with Crippen LogP contribution < -0.4 is 10.6 Å². The Morgan fingerprint density at radius 1 is 0.750 bits per heavy atom. The van der Waals surface area contributed by atoms with Crippen molar-refractivity contribution >= 4 is 70.3 Å². The topological polar surface area (TPSA) is 151 Å². The number of rotatable bonds is 17. The lowest BCUT2D eigenvalue weighted by Crippen LogP contribution is -2.33. The minimum absolute atomic E-state index is 0. The van der Waals surface area contributed by atoms with E-state index in [1.807, 2.05) is 22.7 Å². The highest BCUT2D eigenvalue weighted by Crippen LogP contribution is 2.34. The second-order valence-corrected chi connectivity index (χ2v) is 36.0. The summed E-state index contributed by atoms with van der Waals surface area (Å²) >= 11 is 5.32. The van der Waals surface area contributed by atoms with Crippen molar-refractivity contribution < 1.29 is 25.2 Å². The molecule has 0 bridgehead atoms. The molecule has 0 aliphatic heterocycles. The summed E-state index contributed by atoms with van der Waals surface area (Å²) in [6.45, 7) is 26.6. The van der Waals surface area contributed by atoms with Crippen LogP contribution in [0.25, 0.3) is 11.3 Å². The lowest BCUT2D eigenvalue weighted by Gasteiger charge is -2.27. The Hall–Kier alpha value is -3.00. The third kappa shape index (κ3) is 18.5. The summed E-state index contributed by atoms with van der Waals surface area (Å²) in [4.78, 5) is 34.5. The van der Waals surface area contributed by atoms with Gasteiger partial charge in [-0.05, 0) is 31.0 Å². The molecular weight excluding hydrogens is 828 g/mol. The van der Waals surface area contributed by atoms with Gasteiger partial charge in [0.2, 0.25) is 0 Å². The van der Waals surface area contributed by atoms with Gasteiger partial charge in [0.25, 0.3) is 0 Å². The average Bonchev–Trinajstić information content (AvgIpc) is 3.98. The van der Waals surface area contributed by atoms with Crippen LogP contribution in [0.3, 0.4) is 0 Å². The van der Waals surface area contributed by atoms with Crippen LogP contribution in [0, 0.1) is 0 Å². The Kier molecular flexibility index (Phi) is 21.6. The number of nitrogens with zero attached hydrogens (tertiary/aromatic N) is 7. The fraction of sp³-hybridized carbons (Fsp3) is 0.674. The molecule has 60 heavy (non-hydrogen) atoms. The third-order valence-electron chi connectivity index (χ3n) is 9.98. The van der Waals surface area contributed by atoms with Crippen LogP contribution in [0.5, 0.6) is 0 Å². The summed E-state index contributed by atoms with van der Waals surface area (Å²) in [5.74, 6) is 2.55. The molecule has 0 spiro atoms. The molecule has 13 nitrogen and oxygen atoms in total. The quantitative estimate of drug-likeness (QED) is 0.0466. The van der Waals surface area contributed by atoms with Crippen molar-refractivity contribution in [2.45, 2.75) is 149 Å². The number of ether oxygens (including phenoxy) is 3. The van der Waals surface area contributed by atoms with Crippen molar-refractivity contribution in [1.29, 1.82) is 0 Å². The Labute approximate surface area is 369 Å². The molecule has 6 rings (SSSR count). The SMILES string of the molecule is C.C[Si](C)(C)CCOCCl.C[Si](C)(C)CCOCN(COCC[Si](C)(C)C)c1cc(C2CCC(=O)C2)nc2ccnn12.Nc1cc(C2CCC(=O)C2)nc2ccnn12.[2H]CC. The van der Waals surface area contributed by atoms with E-state index in [1.54, 1.807) is 23.8 Å². The predicted octanol–water partition coefficient (Wildman–Crippen LogP) is 10.3. The number of halogens is 1. The van der Waals surface area contributed by atoms with Gasteiger partial charge in [0, 0.05) is 107 Å². The highest BCUT2D eigenvalue weighted by Gasteiger charge is 2.28. The Bertz CT molecular complexity index is 1890. The maximum atomic E-state index is 11.9. The van der Waals surface area contributed by atoms with E-state index in [2.05, 4.69) is 85.1 Å². The fourth-order valence-electron chi connectivity index (χ4n) is 6.36. The lowest BCUT2D eigenvalue weighted by atomic mass is 10.0. The number of anilines is 2. The lowest BCUT2D eigenvalue weighted by molar-refractivity contribution is -0.118. The molecule has 4 aromatic rings. The largest absolute Gasteiger partial charge is 0.384 e. The van der Waals surface area contributed by atoms with Crippen LogP contribution in [-0.2, 0) is 23.8 Å². The fourth-order valence-corrected chi connectivity index (χ4v) is 8.74. The molecule has 0 aromatic carbocycles. The van der Waals surface area contributed by atoms with E-state index in [0.717, 1.165) is 73.3 Å². The number of alkyl halides is 1. The number of carbonyl (C=O) groups is 2. The van der Waals surface area contributed by atoms with E-state index in [4.69, 9.17) is 37.9 Å². The molecule has 0 radical (unpaired) electrons. The van der Waals surface area contributed by atoms with Gasteiger partial charge in [0.1, 0.15) is 42.7 Å². The molecule has 4 heterocycles. The molecule has 4 aromatic heterocycles. The van der Waals surface area contributed by atoms with Crippen LogP contribution in [0.1, 0.15) is 84.4 Å². The number of fused-ring (bicyclic) bond motifs is 2. The van der Waals surface area contributed by atoms with Gasteiger partial charge < -0.3 is 24.8 Å². The molecule has 2 fully saturated rings. The smallest absolute Gasteiger partial charge is 0.157 e. The zero-order valence-corrected chi connectivity index (χ0v) is 41.3. The van der Waals surface area contributed by atoms with Crippen LogP contribution in [0.15, 0.2) is 36.7 Å². The summed E-state index contributed by atoms with van der Waals surface area (Å²) in [6.07, 6.45) is 7.68. The van der Waals surface area contributed by atoms with E-state index in [0.29, 0.717) is 69.5 Å². The normalized spacial score (nSPS) is 16.9. The van der Waals surface area contributed by atoms with Crippen molar-refractivity contribution in [1.82, 2.24) is 29.2 Å². The van der Waals surface area contributed by atoms with Crippen molar-refractivity contribution in [2.24, 2.45) is 0 Å². The van der Waals surface area contributed by atoms with Crippen LogP contribution >= 0.6 is 11.6 Å². The molecule has 2 unspecified atom stereocenters. The number of carbonyl (C=O) groups excluding carboxylic acids is 2. The number of hydrogen-bond donors (Lipinski definition) is 1. The molecule has 2 aliphatic carbocycles. The summed E-state index contributed by atoms with van der Waals surface area (Å²) in [6, 6.07) is 11.4. The predicted molar refractivity (Wildman–Crippen MR) is 257 cm³/mol. The van der Waals surface area contributed by atoms with E-state index >= 15 is 0 Å². The second-order valence-electron chi connectivity index (χ2n) is 18.9. The van der Waals surface area contributed by atoms with E-state index in [1.165, 1.54) is 6.04 Å². The summed E-state index contributed by atoms with van der Waals surface area (Å²) in [5, 5.41) is 8.57. The molecule has 2 atom stereocenters. The first-order valence-electron chi connectivity index (χ1n) is 21.8. The highest BCUT2D eigenvalue weighted by molar-refractivity contribution is 6.76. The summed E-state index contributed by atoms with van der Waals surface area (Å²) in [5.41, 5.74) is 9.30. The minimum atomic E-state index is -1.16. The van der Waals surface area contributed by atoms with Gasteiger partial charge in [-0.3, -0.25) is 9.59 Å².